The Hall–Kier alpha value is -1.78. The number of nitrogens with zero attached hydrogens (tertiary/aromatic N) is 3. The van der Waals surface area contributed by atoms with Crippen LogP contribution < -0.4 is 11.3 Å². The molecule has 12 heteroatoms. The Morgan fingerprint density at radius 3 is 2.95 bits per heavy atom. The Kier molecular flexibility index (Phi) is 4.40. The van der Waals surface area contributed by atoms with Gasteiger partial charge >= 0.3 is 7.60 Å². The summed E-state index contributed by atoms with van der Waals surface area (Å²) in [6.07, 6.45) is 1.33. The molecular weight excluding hydrogens is 305 g/mol. The van der Waals surface area contributed by atoms with E-state index in [9.17, 15) is 9.36 Å². The molecule has 5 N–H and O–H groups in total. The summed E-state index contributed by atoms with van der Waals surface area (Å²) >= 11 is 0. The highest BCUT2D eigenvalue weighted by Crippen LogP contribution is 2.41. The summed E-state index contributed by atoms with van der Waals surface area (Å²) in [6.45, 7) is 0.823. The van der Waals surface area contributed by atoms with E-state index in [4.69, 9.17) is 25.0 Å². The van der Waals surface area contributed by atoms with Crippen molar-refractivity contribution >= 4 is 24.7 Å². The highest BCUT2D eigenvalue weighted by Gasteiger charge is 2.24. The number of ether oxygens (including phenoxy) is 2. The Morgan fingerprint density at radius 1 is 1.57 bits per heavy atom. The summed E-state index contributed by atoms with van der Waals surface area (Å²) in [5.74, 6) is -1.32. The number of hydrogen-bond donors (Lipinski definition) is 4. The summed E-state index contributed by atoms with van der Waals surface area (Å²) in [7, 11) is -4.30. The van der Waals surface area contributed by atoms with E-state index in [1.54, 1.807) is 0 Å². The van der Waals surface area contributed by atoms with Crippen LogP contribution in [0.1, 0.15) is 6.92 Å². The number of nitrogen functional groups attached to an aromatic ring is 1. The van der Waals surface area contributed by atoms with E-state index in [1.165, 1.54) is 17.8 Å². The van der Waals surface area contributed by atoms with E-state index < -0.39 is 19.0 Å². The summed E-state index contributed by atoms with van der Waals surface area (Å²) in [4.78, 5) is 39.3. The van der Waals surface area contributed by atoms with E-state index in [0.29, 0.717) is 0 Å². The lowest BCUT2D eigenvalue weighted by Crippen LogP contribution is -2.14. The molecule has 0 aliphatic carbocycles. The van der Waals surface area contributed by atoms with Crippen LogP contribution in [0.15, 0.2) is 11.1 Å². The van der Waals surface area contributed by atoms with Gasteiger partial charge in [-0.05, 0) is 6.92 Å². The Bertz CT molecular complexity index is 736. The molecule has 2 aromatic heterocycles. The van der Waals surface area contributed by atoms with Crippen molar-refractivity contribution in [2.24, 2.45) is 0 Å². The number of imidazole rings is 1. The third-order valence-corrected chi connectivity index (χ3v) is 3.69. The van der Waals surface area contributed by atoms with Gasteiger partial charge in [-0.2, -0.15) is 4.98 Å². The number of rotatable bonds is 6. The number of anilines is 1. The molecule has 0 aromatic carbocycles. The Balaban J connectivity index is 1.99. The predicted octanol–water partition coefficient (Wildman–Crippen LogP) is -0.826. The second-order valence-corrected chi connectivity index (χ2v) is 6.05. The maximum absolute atomic E-state index is 11.5. The second-order valence-electron chi connectivity index (χ2n) is 4.14. The minimum Gasteiger partial charge on any atom is -0.369 e. The van der Waals surface area contributed by atoms with Crippen LogP contribution in [0.3, 0.4) is 0 Å². The highest BCUT2D eigenvalue weighted by molar-refractivity contribution is 7.52. The fraction of sp³-hybridized carbons (Fsp3) is 0.444. The lowest BCUT2D eigenvalue weighted by Gasteiger charge is -2.14. The molecule has 11 nitrogen and oxygen atoms in total. The zero-order chi connectivity index (χ0) is 15.6. The molecule has 0 radical (unpaired) electrons. The molecule has 1 atom stereocenters. The average molecular weight is 319 g/mol. The van der Waals surface area contributed by atoms with Crippen molar-refractivity contribution in [2.45, 2.75) is 19.5 Å². The SMILES string of the molecule is CC(OCOCn1cnc2c(=O)[nH]c(N)nc21)P(=O)(O)O. The topological polar surface area (TPSA) is 166 Å². The maximum Gasteiger partial charge on any atom is 0.353 e. The summed E-state index contributed by atoms with van der Waals surface area (Å²) in [5, 5.41) is 0. The second kappa shape index (κ2) is 5.92. The van der Waals surface area contributed by atoms with E-state index >= 15 is 0 Å². The summed E-state index contributed by atoms with van der Waals surface area (Å²) < 4.78 is 22.2. The zero-order valence-electron chi connectivity index (χ0n) is 11.0. The molecule has 0 bridgehead atoms. The van der Waals surface area contributed by atoms with Crippen molar-refractivity contribution in [1.29, 1.82) is 0 Å². The number of fused-ring (bicyclic) bond motifs is 1. The van der Waals surface area contributed by atoms with Crippen LogP contribution >= 0.6 is 7.60 Å². The normalized spacial score (nSPS) is 13.7. The molecule has 0 saturated carbocycles. The van der Waals surface area contributed by atoms with Crippen LogP contribution in [0.25, 0.3) is 11.2 Å². The number of H-pyrrole nitrogens is 1. The van der Waals surface area contributed by atoms with Crippen LogP contribution in [0.4, 0.5) is 5.95 Å². The monoisotopic (exact) mass is 319 g/mol. The zero-order valence-corrected chi connectivity index (χ0v) is 11.9. The molecule has 2 aromatic rings. The molecule has 0 saturated heterocycles. The lowest BCUT2D eigenvalue weighted by atomic mass is 10.5. The van der Waals surface area contributed by atoms with Crippen LogP contribution in [0.2, 0.25) is 0 Å². The van der Waals surface area contributed by atoms with E-state index in [-0.39, 0.29) is 30.6 Å². The van der Waals surface area contributed by atoms with Crippen LogP contribution in [-0.2, 0) is 20.8 Å². The molecule has 2 heterocycles. The van der Waals surface area contributed by atoms with Gasteiger partial charge in [-0.1, -0.05) is 0 Å². The van der Waals surface area contributed by atoms with Gasteiger partial charge in [-0.3, -0.25) is 18.9 Å². The quantitative estimate of drug-likeness (QED) is 0.302. The minimum absolute atomic E-state index is 0.0550. The first-order valence-corrected chi connectivity index (χ1v) is 7.42. The number of hydrogen-bond acceptors (Lipinski definition) is 7. The van der Waals surface area contributed by atoms with Gasteiger partial charge in [0.2, 0.25) is 5.95 Å². The number of aromatic amines is 1. The Labute approximate surface area is 117 Å². The molecule has 0 spiro atoms. The molecule has 0 aliphatic heterocycles. The lowest BCUT2D eigenvalue weighted by molar-refractivity contribution is -0.0890. The van der Waals surface area contributed by atoms with Crippen LogP contribution in [-0.4, -0.2) is 41.9 Å². The van der Waals surface area contributed by atoms with Crippen molar-refractivity contribution < 1.29 is 23.8 Å². The number of nitrogens with one attached hydrogen (secondary N) is 1. The summed E-state index contributed by atoms with van der Waals surface area (Å²) in [6, 6.07) is 0. The van der Waals surface area contributed by atoms with Gasteiger partial charge in [-0.25, -0.2) is 4.98 Å². The molecule has 21 heavy (non-hydrogen) atoms. The van der Waals surface area contributed by atoms with Crippen LogP contribution in [0.5, 0.6) is 0 Å². The number of nitrogens with two attached hydrogens (primary N) is 1. The average Bonchev–Trinajstić information content (AvgIpc) is 2.76. The third kappa shape index (κ3) is 3.65. The third-order valence-electron chi connectivity index (χ3n) is 2.59. The fourth-order valence-electron chi connectivity index (χ4n) is 1.44. The van der Waals surface area contributed by atoms with Gasteiger partial charge in [0.15, 0.2) is 17.0 Å². The van der Waals surface area contributed by atoms with Gasteiger partial charge in [0, 0.05) is 0 Å². The smallest absolute Gasteiger partial charge is 0.353 e. The first kappa shape index (κ1) is 15.6. The fourth-order valence-corrected chi connectivity index (χ4v) is 1.70. The molecule has 2 rings (SSSR count). The minimum atomic E-state index is -4.30. The van der Waals surface area contributed by atoms with Crippen molar-refractivity contribution in [1.82, 2.24) is 19.5 Å². The van der Waals surface area contributed by atoms with Gasteiger partial charge in [0.25, 0.3) is 5.56 Å². The first-order chi connectivity index (χ1) is 9.79. The molecular formula is C9H14N5O6P. The highest BCUT2D eigenvalue weighted by atomic mass is 31.2. The van der Waals surface area contributed by atoms with Gasteiger partial charge in [0.05, 0.1) is 6.33 Å². The molecule has 0 aliphatic rings. The molecule has 0 amide bonds. The van der Waals surface area contributed by atoms with Crippen molar-refractivity contribution in [3.05, 3.63) is 16.7 Å². The first-order valence-electron chi connectivity index (χ1n) is 5.74. The summed E-state index contributed by atoms with van der Waals surface area (Å²) in [5.41, 5.74) is 5.31. The van der Waals surface area contributed by atoms with E-state index in [2.05, 4.69) is 15.0 Å². The predicted molar refractivity (Wildman–Crippen MR) is 71.1 cm³/mol. The van der Waals surface area contributed by atoms with Crippen LogP contribution in [0, 0.1) is 0 Å². The number of aromatic nitrogens is 4. The largest absolute Gasteiger partial charge is 0.369 e. The molecule has 0 fully saturated rings. The van der Waals surface area contributed by atoms with E-state index in [1.807, 2.05) is 0 Å². The standard InChI is InChI=1S/C9H14N5O6P/c1-5(21(16,17)18)20-4-19-3-14-2-11-6-7(14)12-9(10)13-8(6)15/h2,5H,3-4H2,1H3,(H2,16,17,18)(H3,10,12,13,15). The van der Waals surface area contributed by atoms with Gasteiger partial charge < -0.3 is 25.0 Å². The van der Waals surface area contributed by atoms with Gasteiger partial charge in [0.1, 0.15) is 13.5 Å². The Morgan fingerprint density at radius 2 is 2.29 bits per heavy atom. The van der Waals surface area contributed by atoms with E-state index in [0.717, 1.165) is 0 Å². The maximum atomic E-state index is 11.5. The molecule has 116 valence electrons. The van der Waals surface area contributed by atoms with Gasteiger partial charge in [-0.15, -0.1) is 0 Å². The van der Waals surface area contributed by atoms with Crippen molar-refractivity contribution in [3.63, 3.8) is 0 Å². The molecule has 1 unspecified atom stereocenters. The van der Waals surface area contributed by atoms with Crippen molar-refractivity contribution in [3.8, 4) is 0 Å². The van der Waals surface area contributed by atoms with Crippen molar-refractivity contribution in [2.75, 3.05) is 12.5 Å².